The maximum Gasteiger partial charge on any atom is 0.0662 e. The van der Waals surface area contributed by atoms with Gasteiger partial charge in [-0.15, -0.1) is 0 Å². The van der Waals surface area contributed by atoms with Crippen molar-refractivity contribution in [1.82, 2.24) is 5.32 Å². The summed E-state index contributed by atoms with van der Waals surface area (Å²) in [5, 5.41) is 3.24. The minimum atomic E-state index is 0.473. The van der Waals surface area contributed by atoms with Crippen LogP contribution >= 0.6 is 15.9 Å². The van der Waals surface area contributed by atoms with Crippen molar-refractivity contribution in [1.29, 1.82) is 0 Å². The predicted octanol–water partition coefficient (Wildman–Crippen LogP) is 1.30. The van der Waals surface area contributed by atoms with Crippen LogP contribution in [0.5, 0.6) is 0 Å². The number of hydrogen-bond donors (Lipinski definition) is 1. The summed E-state index contributed by atoms with van der Waals surface area (Å²) in [5.74, 6) is 0. The van der Waals surface area contributed by atoms with E-state index in [2.05, 4.69) is 27.7 Å². The third kappa shape index (κ3) is 1.78. The van der Waals surface area contributed by atoms with Crippen molar-refractivity contribution < 1.29 is 0 Å². The average molecular weight is 163 g/mol. The summed E-state index contributed by atoms with van der Waals surface area (Å²) < 4.78 is 0. The summed E-state index contributed by atoms with van der Waals surface area (Å²) in [6.07, 6.45) is 4.79. The van der Waals surface area contributed by atoms with Gasteiger partial charge >= 0.3 is 0 Å². The number of piperidine rings is 1. The molecule has 1 rings (SSSR count). The lowest BCUT2D eigenvalue weighted by molar-refractivity contribution is 0.583. The van der Waals surface area contributed by atoms with E-state index >= 15 is 0 Å². The first-order valence-corrected chi connectivity index (χ1v) is 3.52. The predicted molar refractivity (Wildman–Crippen MR) is 34.3 cm³/mol. The van der Waals surface area contributed by atoms with E-state index in [0.29, 0.717) is 4.95 Å². The van der Waals surface area contributed by atoms with Crippen LogP contribution in [0, 0.1) is 6.42 Å². The SMILES string of the molecule is BrC1[CH]CCCN1. The summed E-state index contributed by atoms with van der Waals surface area (Å²) in [5.41, 5.74) is 0. The normalized spacial score (nSPS) is 33.0. The first kappa shape index (κ1) is 5.57. The molecule has 0 amide bonds. The van der Waals surface area contributed by atoms with E-state index in [1.54, 1.807) is 0 Å². The van der Waals surface area contributed by atoms with Gasteiger partial charge < -0.3 is 5.32 Å². The van der Waals surface area contributed by atoms with Gasteiger partial charge in [0.1, 0.15) is 0 Å². The van der Waals surface area contributed by atoms with Gasteiger partial charge in [-0.2, -0.15) is 0 Å². The third-order valence-corrected chi connectivity index (χ3v) is 1.79. The van der Waals surface area contributed by atoms with E-state index in [0.717, 1.165) is 6.54 Å². The first-order chi connectivity index (χ1) is 3.39. The Bertz CT molecular complexity index is 50.0. The van der Waals surface area contributed by atoms with Gasteiger partial charge in [0.15, 0.2) is 0 Å². The molecule has 1 aliphatic heterocycles. The maximum atomic E-state index is 3.42. The Morgan fingerprint density at radius 1 is 1.71 bits per heavy atom. The topological polar surface area (TPSA) is 12.0 Å². The molecule has 1 heterocycles. The molecule has 0 aliphatic carbocycles. The molecule has 41 valence electrons. The molecule has 1 N–H and O–H groups in total. The minimum absolute atomic E-state index is 0.473. The van der Waals surface area contributed by atoms with Crippen LogP contribution in [0.25, 0.3) is 0 Å². The molecule has 1 saturated heterocycles. The first-order valence-electron chi connectivity index (χ1n) is 2.60. The van der Waals surface area contributed by atoms with E-state index in [1.807, 2.05) is 0 Å². The van der Waals surface area contributed by atoms with Crippen LogP contribution in [0.1, 0.15) is 12.8 Å². The lowest BCUT2D eigenvalue weighted by atomic mass is 10.2. The number of alkyl halides is 1. The Labute approximate surface area is 52.6 Å². The van der Waals surface area contributed by atoms with Crippen molar-refractivity contribution in [3.8, 4) is 0 Å². The van der Waals surface area contributed by atoms with Crippen LogP contribution in [0.2, 0.25) is 0 Å². The lowest BCUT2D eigenvalue weighted by Gasteiger charge is -2.16. The fraction of sp³-hybridized carbons (Fsp3) is 0.800. The molecule has 0 aromatic heterocycles. The highest BCUT2D eigenvalue weighted by Crippen LogP contribution is 2.09. The second-order valence-electron chi connectivity index (χ2n) is 1.73. The number of hydrogen-bond acceptors (Lipinski definition) is 1. The second kappa shape index (κ2) is 2.68. The zero-order valence-corrected chi connectivity index (χ0v) is 5.74. The van der Waals surface area contributed by atoms with Crippen molar-refractivity contribution in [3.05, 3.63) is 6.42 Å². The Hall–Kier alpha value is 0.440. The Balaban J connectivity index is 2.12. The molecule has 0 spiro atoms. The van der Waals surface area contributed by atoms with Gasteiger partial charge in [0.25, 0.3) is 0 Å². The smallest absolute Gasteiger partial charge is 0.0662 e. The molecule has 7 heavy (non-hydrogen) atoms. The summed E-state index contributed by atoms with van der Waals surface area (Å²) in [6.45, 7) is 1.16. The molecule has 1 radical (unpaired) electrons. The van der Waals surface area contributed by atoms with E-state index < -0.39 is 0 Å². The van der Waals surface area contributed by atoms with Crippen molar-refractivity contribution in [2.24, 2.45) is 0 Å². The Kier molecular flexibility index (Phi) is 2.13. The molecule has 1 aliphatic rings. The van der Waals surface area contributed by atoms with Crippen LogP contribution in [0.4, 0.5) is 0 Å². The average Bonchev–Trinajstić information content (AvgIpc) is 1.69. The van der Waals surface area contributed by atoms with Crippen LogP contribution in [-0.4, -0.2) is 11.5 Å². The van der Waals surface area contributed by atoms with Gasteiger partial charge in [0.05, 0.1) is 4.95 Å². The summed E-state index contributed by atoms with van der Waals surface area (Å²) in [4.78, 5) is 0.473. The van der Waals surface area contributed by atoms with Gasteiger partial charge in [0.2, 0.25) is 0 Å². The molecule has 1 nitrogen and oxygen atoms in total. The van der Waals surface area contributed by atoms with Crippen LogP contribution < -0.4 is 5.32 Å². The summed E-state index contributed by atoms with van der Waals surface area (Å²) >= 11 is 3.42. The number of halogens is 1. The molecular weight excluding hydrogens is 154 g/mol. The van der Waals surface area contributed by atoms with Crippen molar-refractivity contribution >= 4 is 15.9 Å². The molecular formula is C5H9BrN. The molecule has 2 heteroatoms. The fourth-order valence-electron chi connectivity index (χ4n) is 0.690. The number of rotatable bonds is 0. The van der Waals surface area contributed by atoms with E-state index in [4.69, 9.17) is 0 Å². The highest BCUT2D eigenvalue weighted by atomic mass is 79.9. The third-order valence-electron chi connectivity index (χ3n) is 1.09. The molecule has 0 aromatic carbocycles. The number of nitrogens with one attached hydrogen (secondary N) is 1. The van der Waals surface area contributed by atoms with Crippen LogP contribution in [-0.2, 0) is 0 Å². The molecule has 1 fully saturated rings. The summed E-state index contributed by atoms with van der Waals surface area (Å²) in [7, 11) is 0. The zero-order chi connectivity index (χ0) is 5.11. The van der Waals surface area contributed by atoms with Gasteiger partial charge in [-0.25, -0.2) is 0 Å². The molecule has 1 unspecified atom stereocenters. The molecule has 0 bridgehead atoms. The van der Waals surface area contributed by atoms with Gasteiger partial charge in [0, 0.05) is 0 Å². The maximum absolute atomic E-state index is 3.42. The van der Waals surface area contributed by atoms with Crippen molar-refractivity contribution in [2.75, 3.05) is 6.54 Å². The largest absolute Gasteiger partial charge is 0.305 e. The quantitative estimate of drug-likeness (QED) is 0.419. The minimum Gasteiger partial charge on any atom is -0.305 e. The van der Waals surface area contributed by atoms with Gasteiger partial charge in [-0.1, -0.05) is 15.9 Å². The van der Waals surface area contributed by atoms with Gasteiger partial charge in [-0.3, -0.25) is 0 Å². The van der Waals surface area contributed by atoms with Crippen LogP contribution in [0.3, 0.4) is 0 Å². The highest BCUT2D eigenvalue weighted by molar-refractivity contribution is 9.09. The Morgan fingerprint density at radius 2 is 2.57 bits per heavy atom. The summed E-state index contributed by atoms with van der Waals surface area (Å²) in [6, 6.07) is 0. The highest BCUT2D eigenvalue weighted by Gasteiger charge is 2.06. The van der Waals surface area contributed by atoms with E-state index in [-0.39, 0.29) is 0 Å². The van der Waals surface area contributed by atoms with E-state index in [9.17, 15) is 0 Å². The fourth-order valence-corrected chi connectivity index (χ4v) is 1.18. The second-order valence-corrected chi connectivity index (χ2v) is 2.72. The lowest BCUT2D eigenvalue weighted by Crippen LogP contribution is -2.29. The molecule has 0 aromatic rings. The van der Waals surface area contributed by atoms with Crippen molar-refractivity contribution in [2.45, 2.75) is 17.8 Å². The monoisotopic (exact) mass is 162 g/mol. The van der Waals surface area contributed by atoms with Gasteiger partial charge in [-0.05, 0) is 25.8 Å². The van der Waals surface area contributed by atoms with Crippen molar-refractivity contribution in [3.63, 3.8) is 0 Å². The van der Waals surface area contributed by atoms with E-state index in [1.165, 1.54) is 12.8 Å². The zero-order valence-electron chi connectivity index (χ0n) is 4.15. The molecule has 0 saturated carbocycles. The molecule has 1 atom stereocenters. The van der Waals surface area contributed by atoms with Crippen LogP contribution in [0.15, 0.2) is 0 Å². The Morgan fingerprint density at radius 3 is 2.86 bits per heavy atom. The standard InChI is InChI=1S/C5H9BrN/c6-5-3-1-2-4-7-5/h3,5,7H,1-2,4H2.